The van der Waals surface area contributed by atoms with Crippen LogP contribution in [0.15, 0.2) is 48.8 Å². The number of nitrogens with zero attached hydrogens (tertiary/aromatic N) is 5. The van der Waals surface area contributed by atoms with Crippen LogP contribution in [0.2, 0.25) is 0 Å². The quantitative estimate of drug-likeness (QED) is 0.432. The summed E-state index contributed by atoms with van der Waals surface area (Å²) in [5, 5.41) is 16.2. The van der Waals surface area contributed by atoms with Crippen molar-refractivity contribution in [3.63, 3.8) is 0 Å². The first-order valence-corrected chi connectivity index (χ1v) is 10.3. The predicted molar refractivity (Wildman–Crippen MR) is 114 cm³/mol. The lowest BCUT2D eigenvalue weighted by atomic mass is 10.1. The fourth-order valence-electron chi connectivity index (χ4n) is 3.31. The van der Waals surface area contributed by atoms with E-state index >= 15 is 0 Å². The number of hydrogen-bond donors (Lipinski definition) is 1. The van der Waals surface area contributed by atoms with E-state index in [1.807, 2.05) is 71.6 Å². The highest BCUT2D eigenvalue weighted by Gasteiger charge is 2.13. The van der Waals surface area contributed by atoms with E-state index in [9.17, 15) is 4.79 Å². The first kappa shape index (κ1) is 20.0. The highest BCUT2D eigenvalue weighted by molar-refractivity contribution is 5.77. The Bertz CT molecular complexity index is 1130. The van der Waals surface area contributed by atoms with Gasteiger partial charge in [-0.05, 0) is 26.3 Å². The third-order valence-electron chi connectivity index (χ3n) is 4.83. The normalized spacial score (nSPS) is 11.6. The van der Waals surface area contributed by atoms with E-state index in [-0.39, 0.29) is 12.0 Å². The Kier molecular flexibility index (Phi) is 6.04. The molecule has 0 saturated heterocycles. The summed E-state index contributed by atoms with van der Waals surface area (Å²) in [7, 11) is 0. The Balaban J connectivity index is 1.41. The summed E-state index contributed by atoms with van der Waals surface area (Å²) in [6.07, 6.45) is 5.68. The molecule has 30 heavy (non-hydrogen) atoms. The Morgan fingerprint density at radius 1 is 1.17 bits per heavy atom. The molecule has 3 heterocycles. The number of ether oxygens (including phenoxy) is 1. The van der Waals surface area contributed by atoms with Crippen LogP contribution < -0.4 is 5.32 Å². The third kappa shape index (κ3) is 4.49. The number of aryl methyl sites for hydroxylation is 1. The second kappa shape index (κ2) is 9.04. The monoisotopic (exact) mass is 406 g/mol. The summed E-state index contributed by atoms with van der Waals surface area (Å²) in [5.41, 5.74) is 3.54. The smallest absolute Gasteiger partial charge is 0.220 e. The molecule has 0 radical (unpaired) electrons. The van der Waals surface area contributed by atoms with Crippen LogP contribution in [0.4, 0.5) is 0 Å². The molecular weight excluding hydrogens is 380 g/mol. The van der Waals surface area contributed by atoms with Gasteiger partial charge in [0, 0.05) is 44.0 Å². The standard InChI is InChI=1S/C22H26N6O2/c1-16(2)30-14-6-11-23-21(29)10-9-20-24-25-22-19-15-18(17-7-4-3-5-8-17)26-28(19)13-12-27(20)22/h3-5,7-8,12-13,15-16H,6,9-11,14H2,1-2H3,(H,23,29). The molecule has 1 aromatic carbocycles. The van der Waals surface area contributed by atoms with Crippen molar-refractivity contribution in [3.05, 3.63) is 54.6 Å². The van der Waals surface area contributed by atoms with Crippen molar-refractivity contribution >= 4 is 17.1 Å². The van der Waals surface area contributed by atoms with E-state index in [4.69, 9.17) is 4.74 Å². The summed E-state index contributed by atoms with van der Waals surface area (Å²) in [5.74, 6) is 0.765. The van der Waals surface area contributed by atoms with Gasteiger partial charge < -0.3 is 10.1 Å². The molecule has 4 rings (SSSR count). The van der Waals surface area contributed by atoms with Crippen LogP contribution in [0, 0.1) is 0 Å². The molecule has 0 saturated carbocycles. The summed E-state index contributed by atoms with van der Waals surface area (Å²) < 4.78 is 9.21. The van der Waals surface area contributed by atoms with Crippen molar-refractivity contribution in [2.75, 3.05) is 13.2 Å². The van der Waals surface area contributed by atoms with E-state index in [0.29, 0.717) is 26.0 Å². The molecule has 0 fully saturated rings. The molecule has 0 aliphatic heterocycles. The van der Waals surface area contributed by atoms with Gasteiger partial charge in [0.15, 0.2) is 5.65 Å². The maximum atomic E-state index is 12.1. The molecule has 8 heteroatoms. The lowest BCUT2D eigenvalue weighted by Crippen LogP contribution is -2.26. The Hall–Kier alpha value is -3.26. The lowest BCUT2D eigenvalue weighted by Gasteiger charge is -2.08. The van der Waals surface area contributed by atoms with Crippen molar-refractivity contribution in [3.8, 4) is 11.3 Å². The first-order chi connectivity index (χ1) is 14.6. The zero-order valence-corrected chi connectivity index (χ0v) is 17.3. The number of carbonyl (C=O) groups is 1. The van der Waals surface area contributed by atoms with E-state index in [0.717, 1.165) is 34.7 Å². The van der Waals surface area contributed by atoms with Crippen molar-refractivity contribution in [2.24, 2.45) is 0 Å². The van der Waals surface area contributed by atoms with Crippen molar-refractivity contribution in [2.45, 2.75) is 39.2 Å². The zero-order chi connectivity index (χ0) is 20.9. The zero-order valence-electron chi connectivity index (χ0n) is 17.3. The lowest BCUT2D eigenvalue weighted by molar-refractivity contribution is -0.121. The summed E-state index contributed by atoms with van der Waals surface area (Å²) in [6.45, 7) is 5.27. The van der Waals surface area contributed by atoms with Crippen LogP contribution in [0.1, 0.15) is 32.5 Å². The van der Waals surface area contributed by atoms with E-state index in [1.54, 1.807) is 0 Å². The SMILES string of the molecule is CC(C)OCCCNC(=O)CCc1nnc2c3cc(-c4ccccc4)nn3ccn12. The highest BCUT2D eigenvalue weighted by Crippen LogP contribution is 2.21. The van der Waals surface area contributed by atoms with Crippen LogP contribution in [0.5, 0.6) is 0 Å². The molecule has 156 valence electrons. The molecule has 4 aromatic rings. The molecule has 0 atom stereocenters. The summed E-state index contributed by atoms with van der Waals surface area (Å²) in [6, 6.07) is 12.0. The third-order valence-corrected chi connectivity index (χ3v) is 4.83. The molecule has 1 amide bonds. The number of fused-ring (bicyclic) bond motifs is 3. The molecule has 1 N–H and O–H groups in total. The molecule has 0 unspecified atom stereocenters. The van der Waals surface area contributed by atoms with Crippen LogP contribution in [-0.4, -0.2) is 49.4 Å². The molecule has 3 aromatic heterocycles. The Labute approximate surface area is 174 Å². The molecule has 0 bridgehead atoms. The maximum absolute atomic E-state index is 12.1. The van der Waals surface area contributed by atoms with E-state index < -0.39 is 0 Å². The average molecular weight is 406 g/mol. The number of rotatable bonds is 9. The largest absolute Gasteiger partial charge is 0.379 e. The van der Waals surface area contributed by atoms with Crippen molar-refractivity contribution in [1.29, 1.82) is 0 Å². The maximum Gasteiger partial charge on any atom is 0.220 e. The van der Waals surface area contributed by atoms with Crippen LogP contribution in [-0.2, 0) is 16.0 Å². The van der Waals surface area contributed by atoms with Gasteiger partial charge in [0.1, 0.15) is 11.3 Å². The van der Waals surface area contributed by atoms with Gasteiger partial charge in [-0.3, -0.25) is 9.20 Å². The van der Waals surface area contributed by atoms with Gasteiger partial charge in [0.05, 0.1) is 11.8 Å². The van der Waals surface area contributed by atoms with Crippen LogP contribution in [0.25, 0.3) is 22.4 Å². The number of nitrogens with one attached hydrogen (secondary N) is 1. The highest BCUT2D eigenvalue weighted by atomic mass is 16.5. The first-order valence-electron chi connectivity index (χ1n) is 10.3. The number of carbonyl (C=O) groups excluding carboxylic acids is 1. The molecule has 0 aliphatic carbocycles. The van der Waals surface area contributed by atoms with Crippen molar-refractivity contribution in [1.82, 2.24) is 29.5 Å². The fourth-order valence-corrected chi connectivity index (χ4v) is 3.31. The second-order valence-electron chi connectivity index (χ2n) is 7.46. The van der Waals surface area contributed by atoms with Gasteiger partial charge >= 0.3 is 0 Å². The van der Waals surface area contributed by atoms with Crippen molar-refractivity contribution < 1.29 is 9.53 Å². The number of hydrogen-bond acceptors (Lipinski definition) is 5. The van der Waals surface area contributed by atoms with Gasteiger partial charge in [0.25, 0.3) is 0 Å². The number of benzene rings is 1. The van der Waals surface area contributed by atoms with E-state index in [2.05, 4.69) is 20.6 Å². The molecule has 0 aliphatic rings. The van der Waals surface area contributed by atoms with Gasteiger partial charge in [-0.15, -0.1) is 10.2 Å². The predicted octanol–water partition coefficient (Wildman–Crippen LogP) is 2.91. The van der Waals surface area contributed by atoms with E-state index in [1.165, 1.54) is 0 Å². The Morgan fingerprint density at radius 2 is 2.00 bits per heavy atom. The molecular formula is C22H26N6O2. The summed E-state index contributed by atoms with van der Waals surface area (Å²) >= 11 is 0. The average Bonchev–Trinajstić information content (AvgIpc) is 3.36. The minimum Gasteiger partial charge on any atom is -0.379 e. The van der Waals surface area contributed by atoms with Gasteiger partial charge in [0.2, 0.25) is 5.91 Å². The number of aromatic nitrogens is 5. The van der Waals surface area contributed by atoms with Gasteiger partial charge in [-0.2, -0.15) is 5.10 Å². The Morgan fingerprint density at radius 3 is 2.80 bits per heavy atom. The van der Waals surface area contributed by atoms with Crippen LogP contribution >= 0.6 is 0 Å². The van der Waals surface area contributed by atoms with Crippen LogP contribution in [0.3, 0.4) is 0 Å². The second-order valence-corrected chi connectivity index (χ2v) is 7.46. The van der Waals surface area contributed by atoms with Gasteiger partial charge in [-0.1, -0.05) is 30.3 Å². The molecule has 0 spiro atoms. The van der Waals surface area contributed by atoms with Gasteiger partial charge in [-0.25, -0.2) is 4.52 Å². The molecule has 8 nitrogen and oxygen atoms in total. The minimum atomic E-state index is 0.00749. The summed E-state index contributed by atoms with van der Waals surface area (Å²) in [4.78, 5) is 12.1. The number of amides is 1. The fraction of sp³-hybridized carbons (Fsp3) is 0.364. The topological polar surface area (TPSA) is 85.8 Å². The minimum absolute atomic E-state index is 0.00749.